The Morgan fingerprint density at radius 1 is 1.24 bits per heavy atom. The molecule has 0 spiro atoms. The summed E-state index contributed by atoms with van der Waals surface area (Å²) in [5.41, 5.74) is 8.30. The Balaban J connectivity index is 1.87. The zero-order valence-corrected chi connectivity index (χ0v) is 15.7. The van der Waals surface area contributed by atoms with E-state index in [9.17, 15) is 9.59 Å². The van der Waals surface area contributed by atoms with E-state index in [1.165, 1.54) is 16.9 Å². The van der Waals surface area contributed by atoms with E-state index in [0.29, 0.717) is 34.7 Å². The van der Waals surface area contributed by atoms with Gasteiger partial charge < -0.3 is 10.8 Å². The van der Waals surface area contributed by atoms with Gasteiger partial charge in [0.2, 0.25) is 5.91 Å². The van der Waals surface area contributed by atoms with E-state index in [2.05, 4.69) is 25.4 Å². The molecule has 4 N–H and O–H groups in total. The molecule has 0 radical (unpaired) electrons. The molecule has 0 aliphatic rings. The molecular weight excluding hydrogens is 376 g/mol. The fourth-order valence-corrected chi connectivity index (χ4v) is 3.23. The van der Waals surface area contributed by atoms with Crippen LogP contribution in [-0.2, 0) is 17.9 Å². The minimum atomic E-state index is -1.05. The molecule has 0 aliphatic heterocycles. The summed E-state index contributed by atoms with van der Waals surface area (Å²) in [5.74, 6) is -0.829. The van der Waals surface area contributed by atoms with Gasteiger partial charge in [-0.05, 0) is 32.0 Å². The largest absolute Gasteiger partial charge is 0.480 e. The number of hydrogen-bond donors (Lipinski definition) is 3. The average molecular weight is 394 g/mol. The second-order valence-corrected chi connectivity index (χ2v) is 6.51. The van der Waals surface area contributed by atoms with Crippen molar-refractivity contribution in [3.63, 3.8) is 0 Å². The van der Waals surface area contributed by atoms with E-state index < -0.39 is 11.9 Å². The van der Waals surface area contributed by atoms with Gasteiger partial charge in [0.05, 0.1) is 17.4 Å². The lowest BCUT2D eigenvalue weighted by atomic mass is 10.0. The van der Waals surface area contributed by atoms with Crippen LogP contribution >= 0.6 is 0 Å². The average Bonchev–Trinajstić information content (AvgIpc) is 3.38. The van der Waals surface area contributed by atoms with Crippen LogP contribution in [0.25, 0.3) is 33.8 Å². The summed E-state index contributed by atoms with van der Waals surface area (Å²) < 4.78 is 3.09. The number of amides is 1. The summed E-state index contributed by atoms with van der Waals surface area (Å²) >= 11 is 0. The van der Waals surface area contributed by atoms with Gasteiger partial charge in [-0.15, -0.1) is 0 Å². The molecule has 1 amide bonds. The van der Waals surface area contributed by atoms with Crippen molar-refractivity contribution < 1.29 is 14.7 Å². The van der Waals surface area contributed by atoms with Crippen LogP contribution in [0.2, 0.25) is 0 Å². The third-order valence-corrected chi connectivity index (χ3v) is 4.50. The number of hydrogen-bond acceptors (Lipinski definition) is 6. The van der Waals surface area contributed by atoms with Crippen molar-refractivity contribution in [3.8, 4) is 22.9 Å². The zero-order valence-electron chi connectivity index (χ0n) is 15.7. The highest BCUT2D eigenvalue weighted by Gasteiger charge is 2.19. The quantitative estimate of drug-likeness (QED) is 0.443. The number of benzene rings is 1. The van der Waals surface area contributed by atoms with Crippen molar-refractivity contribution in [2.75, 3.05) is 0 Å². The number of carbonyl (C=O) groups excluding carboxylic acids is 1. The highest BCUT2D eigenvalue weighted by molar-refractivity contribution is 6.02. The Labute approximate surface area is 164 Å². The number of nitrogens with two attached hydrogens (primary N) is 1. The Bertz CT molecular complexity index is 1250. The molecule has 11 nitrogen and oxygen atoms in total. The number of aromatic amines is 1. The molecule has 0 unspecified atom stereocenters. The van der Waals surface area contributed by atoms with E-state index in [1.54, 1.807) is 10.7 Å². The van der Waals surface area contributed by atoms with Gasteiger partial charge >= 0.3 is 5.97 Å². The first-order valence-electron chi connectivity index (χ1n) is 8.86. The van der Waals surface area contributed by atoms with Crippen molar-refractivity contribution in [2.45, 2.75) is 26.9 Å². The highest BCUT2D eigenvalue weighted by Crippen LogP contribution is 2.29. The van der Waals surface area contributed by atoms with Crippen LogP contribution in [0.5, 0.6) is 0 Å². The molecule has 0 saturated heterocycles. The molecule has 4 aromatic rings. The predicted octanol–water partition coefficient (Wildman–Crippen LogP) is 1.20. The molecule has 0 atom stereocenters. The minimum Gasteiger partial charge on any atom is -0.480 e. The van der Waals surface area contributed by atoms with Gasteiger partial charge in [-0.2, -0.15) is 15.3 Å². The number of carbonyl (C=O) groups is 2. The molecule has 29 heavy (non-hydrogen) atoms. The number of primary amides is 1. The summed E-state index contributed by atoms with van der Waals surface area (Å²) in [6.07, 6.45) is 1.53. The molecule has 148 valence electrons. The lowest BCUT2D eigenvalue weighted by Gasteiger charge is -2.05. The molecule has 3 heterocycles. The molecule has 0 bridgehead atoms. The normalized spacial score (nSPS) is 11.2. The molecule has 0 fully saturated rings. The molecular formula is C18H18N8O3. The van der Waals surface area contributed by atoms with Gasteiger partial charge in [0, 0.05) is 23.1 Å². The van der Waals surface area contributed by atoms with Crippen molar-refractivity contribution in [1.82, 2.24) is 34.7 Å². The second kappa shape index (κ2) is 6.86. The minimum absolute atomic E-state index is 0.215. The van der Waals surface area contributed by atoms with E-state index in [-0.39, 0.29) is 12.1 Å². The van der Waals surface area contributed by atoms with Crippen LogP contribution in [0.4, 0.5) is 0 Å². The molecule has 11 heteroatoms. The van der Waals surface area contributed by atoms with Gasteiger partial charge in [-0.25, -0.2) is 4.98 Å². The lowest BCUT2D eigenvalue weighted by molar-refractivity contribution is -0.137. The van der Waals surface area contributed by atoms with E-state index >= 15 is 0 Å². The Morgan fingerprint density at radius 2 is 2.03 bits per heavy atom. The first-order chi connectivity index (χ1) is 13.9. The summed E-state index contributed by atoms with van der Waals surface area (Å²) in [5, 5.41) is 25.4. The van der Waals surface area contributed by atoms with Crippen LogP contribution < -0.4 is 5.73 Å². The first kappa shape index (κ1) is 18.3. The van der Waals surface area contributed by atoms with Gasteiger partial charge in [0.25, 0.3) is 0 Å². The van der Waals surface area contributed by atoms with E-state index in [4.69, 9.17) is 10.8 Å². The Kier molecular flexibility index (Phi) is 4.34. The van der Waals surface area contributed by atoms with Crippen LogP contribution in [-0.4, -0.2) is 51.7 Å². The van der Waals surface area contributed by atoms with Crippen molar-refractivity contribution in [1.29, 1.82) is 0 Å². The Morgan fingerprint density at radius 3 is 2.72 bits per heavy atom. The van der Waals surface area contributed by atoms with Crippen molar-refractivity contribution >= 4 is 22.8 Å². The van der Waals surface area contributed by atoms with Gasteiger partial charge in [0.1, 0.15) is 12.2 Å². The van der Waals surface area contributed by atoms with E-state index in [1.807, 2.05) is 19.9 Å². The summed E-state index contributed by atoms with van der Waals surface area (Å²) in [6.45, 7) is 4.18. The van der Waals surface area contributed by atoms with Crippen molar-refractivity contribution in [3.05, 3.63) is 35.7 Å². The van der Waals surface area contributed by atoms with Gasteiger partial charge in [0.15, 0.2) is 11.6 Å². The molecule has 4 rings (SSSR count). The molecule has 0 aliphatic carbocycles. The monoisotopic (exact) mass is 394 g/mol. The summed E-state index contributed by atoms with van der Waals surface area (Å²) in [7, 11) is 0. The molecule has 1 aromatic carbocycles. The number of nitrogens with one attached hydrogen (secondary N) is 1. The first-order valence-corrected chi connectivity index (χ1v) is 8.86. The number of rotatable bonds is 6. The summed E-state index contributed by atoms with van der Waals surface area (Å²) in [4.78, 5) is 27.5. The van der Waals surface area contributed by atoms with Crippen LogP contribution in [0, 0.1) is 6.92 Å². The SMILES string of the molecule is CCn1nc(C)cc1-c1n[nH]c(-c2cc(C(N)=O)cc3c2cnn3CC(=O)O)n1. The van der Waals surface area contributed by atoms with Crippen LogP contribution in [0.3, 0.4) is 0 Å². The van der Waals surface area contributed by atoms with Crippen molar-refractivity contribution in [2.24, 2.45) is 5.73 Å². The number of nitrogens with zero attached hydrogens (tertiary/aromatic N) is 6. The van der Waals surface area contributed by atoms with Crippen LogP contribution in [0.1, 0.15) is 23.0 Å². The van der Waals surface area contributed by atoms with E-state index in [0.717, 1.165) is 11.4 Å². The smallest absolute Gasteiger partial charge is 0.325 e. The Hall–Kier alpha value is -4.02. The topological polar surface area (TPSA) is 158 Å². The number of fused-ring (bicyclic) bond motifs is 1. The number of carboxylic acid groups (broad SMARTS) is 1. The summed E-state index contributed by atoms with van der Waals surface area (Å²) in [6, 6.07) is 4.99. The fourth-order valence-electron chi connectivity index (χ4n) is 3.23. The number of aliphatic carboxylic acids is 1. The van der Waals surface area contributed by atoms with Crippen LogP contribution in [0.15, 0.2) is 24.4 Å². The second-order valence-electron chi connectivity index (χ2n) is 6.51. The number of aryl methyl sites for hydroxylation is 2. The van der Waals surface area contributed by atoms with Gasteiger partial charge in [-0.1, -0.05) is 0 Å². The maximum absolute atomic E-state index is 11.8. The third-order valence-electron chi connectivity index (χ3n) is 4.50. The lowest BCUT2D eigenvalue weighted by Crippen LogP contribution is -2.13. The molecule has 3 aromatic heterocycles. The third kappa shape index (κ3) is 3.22. The highest BCUT2D eigenvalue weighted by atomic mass is 16.4. The zero-order chi connectivity index (χ0) is 20.7. The maximum atomic E-state index is 11.8. The fraction of sp³-hybridized carbons (Fsp3) is 0.222. The van der Waals surface area contributed by atoms with Gasteiger partial charge in [-0.3, -0.25) is 24.1 Å². The standard InChI is InChI=1S/C18H18N8O3/c1-3-25-14(4-9(2)24-25)18-21-17(22-23-18)11-5-10(16(19)29)6-13-12(11)7-20-26(13)8-15(27)28/h4-7H,3,8H2,1-2H3,(H2,19,29)(H,27,28)(H,21,22,23). The predicted molar refractivity (Wildman–Crippen MR) is 103 cm³/mol. The maximum Gasteiger partial charge on any atom is 0.325 e. The number of H-pyrrole nitrogens is 1. The number of carboxylic acids is 1. The number of aromatic nitrogens is 7. The molecule has 0 saturated carbocycles.